The second-order valence-corrected chi connectivity index (χ2v) is 4.06. The van der Waals surface area contributed by atoms with E-state index in [0.29, 0.717) is 22.6 Å². The first kappa shape index (κ1) is 13.9. The maximum absolute atomic E-state index is 13.2. The number of carboxylic acids is 1. The number of benzene rings is 2. The quantitative estimate of drug-likeness (QED) is 0.931. The summed E-state index contributed by atoms with van der Waals surface area (Å²) >= 11 is 0. The lowest BCUT2D eigenvalue weighted by Crippen LogP contribution is -2.01. The number of halogens is 1. The minimum atomic E-state index is -1.20. The molecule has 0 bridgehead atoms. The fourth-order valence-electron chi connectivity index (χ4n) is 1.95. The third-order valence-electron chi connectivity index (χ3n) is 2.91. The zero-order valence-corrected chi connectivity index (χ0v) is 11.0. The summed E-state index contributed by atoms with van der Waals surface area (Å²) in [5.74, 6) is -0.765. The van der Waals surface area contributed by atoms with Crippen molar-refractivity contribution in [3.05, 3.63) is 47.8 Å². The largest absolute Gasteiger partial charge is 0.497 e. The van der Waals surface area contributed by atoms with Crippen LogP contribution in [0.5, 0.6) is 11.5 Å². The third kappa shape index (κ3) is 2.56. The molecule has 0 aliphatic carbocycles. The van der Waals surface area contributed by atoms with Gasteiger partial charge in [-0.2, -0.15) is 0 Å². The molecule has 2 aromatic rings. The van der Waals surface area contributed by atoms with Gasteiger partial charge in [-0.15, -0.1) is 0 Å². The number of methoxy groups -OCH3 is 2. The lowest BCUT2D eigenvalue weighted by atomic mass is 9.98. The average Bonchev–Trinajstić information content (AvgIpc) is 2.46. The van der Waals surface area contributed by atoms with Crippen molar-refractivity contribution in [2.24, 2.45) is 0 Å². The molecule has 0 spiro atoms. The summed E-state index contributed by atoms with van der Waals surface area (Å²) in [5, 5.41) is 9.20. The van der Waals surface area contributed by atoms with Crippen LogP contribution in [0.2, 0.25) is 0 Å². The van der Waals surface area contributed by atoms with E-state index in [0.717, 1.165) is 6.07 Å². The van der Waals surface area contributed by atoms with Crippen molar-refractivity contribution in [2.45, 2.75) is 0 Å². The molecule has 0 saturated carbocycles. The van der Waals surface area contributed by atoms with Gasteiger partial charge < -0.3 is 14.6 Å². The molecule has 20 heavy (non-hydrogen) atoms. The molecule has 0 unspecified atom stereocenters. The van der Waals surface area contributed by atoms with E-state index in [1.165, 1.54) is 26.4 Å². The third-order valence-corrected chi connectivity index (χ3v) is 2.91. The molecule has 0 fully saturated rings. The maximum atomic E-state index is 13.2. The van der Waals surface area contributed by atoms with Crippen molar-refractivity contribution in [3.63, 3.8) is 0 Å². The molecule has 0 radical (unpaired) electrons. The van der Waals surface area contributed by atoms with E-state index in [9.17, 15) is 14.3 Å². The Bertz CT molecular complexity index is 652. The Morgan fingerprint density at radius 1 is 1.05 bits per heavy atom. The molecular weight excluding hydrogens is 263 g/mol. The lowest BCUT2D eigenvalue weighted by Gasteiger charge is -2.12. The molecule has 0 atom stereocenters. The first-order valence-electron chi connectivity index (χ1n) is 5.82. The van der Waals surface area contributed by atoms with Crippen LogP contribution in [0.1, 0.15) is 10.4 Å². The summed E-state index contributed by atoms with van der Waals surface area (Å²) < 4.78 is 23.6. The zero-order chi connectivity index (χ0) is 14.7. The topological polar surface area (TPSA) is 55.8 Å². The Morgan fingerprint density at radius 2 is 1.80 bits per heavy atom. The van der Waals surface area contributed by atoms with E-state index < -0.39 is 11.8 Å². The molecule has 2 aromatic carbocycles. The van der Waals surface area contributed by atoms with E-state index in [4.69, 9.17) is 9.47 Å². The number of hydrogen-bond acceptors (Lipinski definition) is 3. The van der Waals surface area contributed by atoms with Crippen LogP contribution < -0.4 is 9.47 Å². The van der Waals surface area contributed by atoms with Crippen LogP contribution in [0.25, 0.3) is 11.1 Å². The van der Waals surface area contributed by atoms with Crippen molar-refractivity contribution in [1.82, 2.24) is 0 Å². The summed E-state index contributed by atoms with van der Waals surface area (Å²) in [4.78, 5) is 11.3. The number of carbonyl (C=O) groups is 1. The van der Waals surface area contributed by atoms with Crippen LogP contribution in [0, 0.1) is 5.82 Å². The van der Waals surface area contributed by atoms with Gasteiger partial charge in [0.1, 0.15) is 17.3 Å². The predicted octanol–water partition coefficient (Wildman–Crippen LogP) is 3.21. The highest BCUT2D eigenvalue weighted by molar-refractivity contribution is 5.97. The predicted molar refractivity (Wildman–Crippen MR) is 71.9 cm³/mol. The highest BCUT2D eigenvalue weighted by Crippen LogP contribution is 2.35. The van der Waals surface area contributed by atoms with E-state index in [1.54, 1.807) is 18.2 Å². The van der Waals surface area contributed by atoms with E-state index >= 15 is 0 Å². The Kier molecular flexibility index (Phi) is 3.89. The SMILES string of the molecule is COc1ccc(OC)c(-c2ccc(F)cc2C(=O)O)c1. The van der Waals surface area contributed by atoms with Gasteiger partial charge in [0.25, 0.3) is 0 Å². The second kappa shape index (κ2) is 5.61. The molecule has 0 aliphatic rings. The Balaban J connectivity index is 2.69. The van der Waals surface area contributed by atoms with Crippen LogP contribution in [0.4, 0.5) is 4.39 Å². The molecule has 0 aromatic heterocycles. The Hall–Kier alpha value is -2.56. The highest BCUT2D eigenvalue weighted by Gasteiger charge is 2.16. The van der Waals surface area contributed by atoms with Gasteiger partial charge in [0.05, 0.1) is 19.8 Å². The number of carboxylic acid groups (broad SMARTS) is 1. The summed E-state index contributed by atoms with van der Waals surface area (Å²) in [6, 6.07) is 8.63. The summed E-state index contributed by atoms with van der Waals surface area (Å²) in [6.07, 6.45) is 0. The van der Waals surface area contributed by atoms with Crippen molar-refractivity contribution in [1.29, 1.82) is 0 Å². The van der Waals surface area contributed by atoms with Crippen molar-refractivity contribution < 1.29 is 23.8 Å². The molecule has 0 saturated heterocycles. The van der Waals surface area contributed by atoms with Crippen LogP contribution in [0.15, 0.2) is 36.4 Å². The van der Waals surface area contributed by atoms with Crippen LogP contribution in [-0.2, 0) is 0 Å². The molecule has 2 rings (SSSR count). The minimum Gasteiger partial charge on any atom is -0.497 e. The van der Waals surface area contributed by atoms with Gasteiger partial charge in [-0.3, -0.25) is 0 Å². The van der Waals surface area contributed by atoms with Crippen molar-refractivity contribution in [3.8, 4) is 22.6 Å². The number of aromatic carboxylic acids is 1. The minimum absolute atomic E-state index is 0.128. The van der Waals surface area contributed by atoms with Gasteiger partial charge >= 0.3 is 5.97 Å². The first-order valence-corrected chi connectivity index (χ1v) is 5.82. The smallest absolute Gasteiger partial charge is 0.336 e. The fraction of sp³-hybridized carbons (Fsp3) is 0.133. The van der Waals surface area contributed by atoms with Crippen LogP contribution in [-0.4, -0.2) is 25.3 Å². The zero-order valence-electron chi connectivity index (χ0n) is 11.0. The summed E-state index contributed by atoms with van der Waals surface area (Å²) in [7, 11) is 2.99. The lowest BCUT2D eigenvalue weighted by molar-refractivity contribution is 0.0697. The standard InChI is InChI=1S/C15H13FO4/c1-19-10-4-6-14(20-2)12(8-10)11-5-3-9(16)7-13(11)15(17)18/h3-8H,1-2H3,(H,17,18). The number of hydrogen-bond donors (Lipinski definition) is 1. The first-order chi connectivity index (χ1) is 9.56. The summed E-state index contributed by atoms with van der Waals surface area (Å²) in [5.41, 5.74) is 0.774. The number of ether oxygens (including phenoxy) is 2. The van der Waals surface area contributed by atoms with Crippen molar-refractivity contribution >= 4 is 5.97 Å². The second-order valence-electron chi connectivity index (χ2n) is 4.06. The van der Waals surface area contributed by atoms with Crippen LogP contribution in [0.3, 0.4) is 0 Å². The molecule has 1 N–H and O–H groups in total. The molecule has 0 amide bonds. The molecule has 5 heteroatoms. The molecule has 0 aliphatic heterocycles. The van der Waals surface area contributed by atoms with E-state index in [2.05, 4.69) is 0 Å². The van der Waals surface area contributed by atoms with Gasteiger partial charge in [0.2, 0.25) is 0 Å². The number of rotatable bonds is 4. The van der Waals surface area contributed by atoms with Crippen molar-refractivity contribution in [2.75, 3.05) is 14.2 Å². The highest BCUT2D eigenvalue weighted by atomic mass is 19.1. The van der Waals surface area contributed by atoms with Gasteiger partial charge in [0.15, 0.2) is 0 Å². The molecule has 104 valence electrons. The monoisotopic (exact) mass is 276 g/mol. The average molecular weight is 276 g/mol. The Labute approximate surface area is 115 Å². The van der Waals surface area contributed by atoms with Gasteiger partial charge in [0, 0.05) is 11.1 Å². The normalized spacial score (nSPS) is 10.2. The van der Waals surface area contributed by atoms with Gasteiger partial charge in [-0.1, -0.05) is 6.07 Å². The summed E-state index contributed by atoms with van der Waals surface area (Å²) in [6.45, 7) is 0. The van der Waals surface area contributed by atoms with Gasteiger partial charge in [-0.25, -0.2) is 9.18 Å². The van der Waals surface area contributed by atoms with Crippen LogP contribution >= 0.6 is 0 Å². The molecule has 4 nitrogen and oxygen atoms in total. The Morgan fingerprint density at radius 3 is 2.40 bits per heavy atom. The molecule has 0 heterocycles. The van der Waals surface area contributed by atoms with Gasteiger partial charge in [-0.05, 0) is 30.3 Å². The maximum Gasteiger partial charge on any atom is 0.336 e. The van der Waals surface area contributed by atoms with E-state index in [1.807, 2.05) is 0 Å². The fourth-order valence-corrected chi connectivity index (χ4v) is 1.95. The van der Waals surface area contributed by atoms with E-state index in [-0.39, 0.29) is 5.56 Å². The molecular formula is C15H13FO4.